The van der Waals surface area contributed by atoms with Gasteiger partial charge in [-0.1, -0.05) is 36.4 Å². The molecule has 0 radical (unpaired) electrons. The van der Waals surface area contributed by atoms with Gasteiger partial charge in [0.15, 0.2) is 0 Å². The molecule has 22 heavy (non-hydrogen) atoms. The van der Waals surface area contributed by atoms with Crippen LogP contribution in [0.15, 0.2) is 60.8 Å². The topological polar surface area (TPSA) is 48.9 Å². The molecule has 0 aliphatic carbocycles. The number of hydrogen-bond acceptors (Lipinski definition) is 2. The Labute approximate surface area is 125 Å². The van der Waals surface area contributed by atoms with E-state index in [2.05, 4.69) is 16.0 Å². The van der Waals surface area contributed by atoms with Crippen LogP contribution in [0.2, 0.25) is 0 Å². The number of hydrogen-bond donors (Lipinski definition) is 2. The van der Waals surface area contributed by atoms with Crippen molar-refractivity contribution in [2.75, 3.05) is 0 Å². The molecule has 5 aromatic rings. The number of H-pyrrole nitrogens is 1. The van der Waals surface area contributed by atoms with E-state index in [1.165, 1.54) is 0 Å². The molecule has 2 heterocycles. The zero-order valence-corrected chi connectivity index (χ0v) is 11.7. The number of nitrogens with one attached hydrogen (secondary N) is 1. The summed E-state index contributed by atoms with van der Waals surface area (Å²) in [6.07, 6.45) is 1.76. The fourth-order valence-electron chi connectivity index (χ4n) is 3.31. The maximum atomic E-state index is 10.8. The second-order valence-corrected chi connectivity index (χ2v) is 5.55. The first kappa shape index (κ1) is 11.6. The Balaban J connectivity index is 2.09. The van der Waals surface area contributed by atoms with Crippen molar-refractivity contribution in [1.29, 1.82) is 0 Å². The van der Waals surface area contributed by atoms with Crippen molar-refractivity contribution in [2.45, 2.75) is 0 Å². The maximum absolute atomic E-state index is 10.8. The van der Waals surface area contributed by atoms with E-state index in [-0.39, 0.29) is 0 Å². The number of benzene rings is 3. The second-order valence-electron chi connectivity index (χ2n) is 5.55. The minimum absolute atomic E-state index is 0.295. The molecule has 5 rings (SSSR count). The zero-order valence-electron chi connectivity index (χ0n) is 11.7. The van der Waals surface area contributed by atoms with E-state index >= 15 is 0 Å². The number of phenolic OH excluding ortho intramolecular Hbond substituents is 1. The molecule has 3 aromatic carbocycles. The molecular formula is C19H12N2O. The Kier molecular flexibility index (Phi) is 2.09. The third-order valence-electron chi connectivity index (χ3n) is 4.33. The number of aromatic hydroxyl groups is 1. The first-order chi connectivity index (χ1) is 10.8. The van der Waals surface area contributed by atoms with Gasteiger partial charge in [-0.15, -0.1) is 0 Å². The van der Waals surface area contributed by atoms with E-state index in [9.17, 15) is 5.11 Å². The molecule has 0 spiro atoms. The molecule has 3 heteroatoms. The van der Waals surface area contributed by atoms with Crippen molar-refractivity contribution in [1.82, 2.24) is 9.97 Å². The lowest BCUT2D eigenvalue weighted by Gasteiger charge is -2.06. The fourth-order valence-corrected chi connectivity index (χ4v) is 3.31. The van der Waals surface area contributed by atoms with Crippen molar-refractivity contribution in [3.05, 3.63) is 60.8 Å². The number of rotatable bonds is 0. The van der Waals surface area contributed by atoms with E-state index in [4.69, 9.17) is 0 Å². The fraction of sp³-hybridized carbons (Fsp3) is 0. The van der Waals surface area contributed by atoms with E-state index in [0.717, 1.165) is 43.5 Å². The second kappa shape index (κ2) is 3.98. The van der Waals surface area contributed by atoms with Gasteiger partial charge >= 0.3 is 0 Å². The number of nitrogens with zero attached hydrogens (tertiary/aromatic N) is 1. The van der Waals surface area contributed by atoms with E-state index in [1.807, 2.05) is 48.5 Å². The van der Waals surface area contributed by atoms with Crippen LogP contribution < -0.4 is 0 Å². The van der Waals surface area contributed by atoms with Crippen molar-refractivity contribution < 1.29 is 5.11 Å². The lowest BCUT2D eigenvalue weighted by Crippen LogP contribution is -1.83. The van der Waals surface area contributed by atoms with Crippen LogP contribution in [0.3, 0.4) is 0 Å². The first-order valence-corrected chi connectivity index (χ1v) is 7.23. The number of aromatic nitrogens is 2. The van der Waals surface area contributed by atoms with Gasteiger partial charge in [0, 0.05) is 33.3 Å². The summed E-state index contributed by atoms with van der Waals surface area (Å²) in [7, 11) is 0. The molecular weight excluding hydrogens is 272 g/mol. The zero-order chi connectivity index (χ0) is 14.7. The summed E-state index contributed by atoms with van der Waals surface area (Å²) >= 11 is 0. The highest BCUT2D eigenvalue weighted by Gasteiger charge is 2.13. The molecule has 0 unspecified atom stereocenters. The average molecular weight is 284 g/mol. The van der Waals surface area contributed by atoms with Crippen LogP contribution in [0.5, 0.6) is 5.75 Å². The highest BCUT2D eigenvalue weighted by atomic mass is 16.3. The van der Waals surface area contributed by atoms with Gasteiger partial charge in [0.1, 0.15) is 5.75 Å². The summed E-state index contributed by atoms with van der Waals surface area (Å²) in [6, 6.07) is 18.1. The van der Waals surface area contributed by atoms with Gasteiger partial charge in [-0.25, -0.2) is 0 Å². The van der Waals surface area contributed by atoms with Crippen LogP contribution in [0.1, 0.15) is 0 Å². The summed E-state index contributed by atoms with van der Waals surface area (Å²) in [5, 5.41) is 15.5. The molecule has 0 atom stereocenters. The number of phenols is 1. The molecule has 0 bridgehead atoms. The van der Waals surface area contributed by atoms with Crippen LogP contribution >= 0.6 is 0 Å². The predicted molar refractivity (Wildman–Crippen MR) is 90.3 cm³/mol. The molecule has 3 nitrogen and oxygen atoms in total. The van der Waals surface area contributed by atoms with Gasteiger partial charge in [0.05, 0.1) is 11.0 Å². The normalized spacial score (nSPS) is 11.8. The lowest BCUT2D eigenvalue weighted by atomic mass is 10.0. The van der Waals surface area contributed by atoms with E-state index in [1.54, 1.807) is 6.20 Å². The first-order valence-electron chi connectivity index (χ1n) is 7.23. The molecule has 0 fully saturated rings. The Bertz CT molecular complexity index is 1190. The van der Waals surface area contributed by atoms with Crippen LogP contribution in [-0.2, 0) is 0 Å². The monoisotopic (exact) mass is 284 g/mol. The molecule has 0 aliphatic rings. The standard InChI is InChI=1S/C19H12N2O/c22-19-14-10-20-15-7-3-1-5-11(15)13(14)9-17-18(19)12-6-2-4-8-16(12)21-17/h1-10,21-22H. The molecule has 0 saturated carbocycles. The highest BCUT2D eigenvalue weighted by Crippen LogP contribution is 2.39. The summed E-state index contributed by atoms with van der Waals surface area (Å²) in [5.74, 6) is 0.295. The van der Waals surface area contributed by atoms with Crippen LogP contribution in [0.25, 0.3) is 43.5 Å². The lowest BCUT2D eigenvalue weighted by molar-refractivity contribution is 0.488. The predicted octanol–water partition coefficient (Wildman–Crippen LogP) is 4.73. The number of para-hydroxylation sites is 2. The van der Waals surface area contributed by atoms with Crippen molar-refractivity contribution in [3.8, 4) is 5.75 Å². The van der Waals surface area contributed by atoms with Gasteiger partial charge in [-0.3, -0.25) is 4.98 Å². The Hall–Kier alpha value is -3.07. The molecule has 2 N–H and O–H groups in total. The van der Waals surface area contributed by atoms with Gasteiger partial charge in [-0.05, 0) is 23.6 Å². The van der Waals surface area contributed by atoms with E-state index in [0.29, 0.717) is 5.75 Å². The third kappa shape index (κ3) is 1.37. The van der Waals surface area contributed by atoms with Gasteiger partial charge < -0.3 is 10.1 Å². The molecule has 0 amide bonds. The molecule has 104 valence electrons. The van der Waals surface area contributed by atoms with Crippen molar-refractivity contribution >= 4 is 43.5 Å². The van der Waals surface area contributed by atoms with Crippen molar-refractivity contribution in [2.24, 2.45) is 0 Å². The third-order valence-corrected chi connectivity index (χ3v) is 4.33. The Morgan fingerprint density at radius 1 is 0.773 bits per heavy atom. The molecule has 0 aliphatic heterocycles. The summed E-state index contributed by atoms with van der Waals surface area (Å²) in [5.41, 5.74) is 2.91. The number of fused-ring (bicyclic) bond motifs is 6. The molecule has 2 aromatic heterocycles. The smallest absolute Gasteiger partial charge is 0.134 e. The number of pyridine rings is 1. The van der Waals surface area contributed by atoms with Crippen molar-refractivity contribution in [3.63, 3.8) is 0 Å². The minimum Gasteiger partial charge on any atom is -0.507 e. The Morgan fingerprint density at radius 3 is 2.45 bits per heavy atom. The number of aromatic amines is 1. The molecule has 0 saturated heterocycles. The van der Waals surface area contributed by atoms with Gasteiger partial charge in [-0.2, -0.15) is 0 Å². The van der Waals surface area contributed by atoms with Crippen LogP contribution in [0, 0.1) is 0 Å². The van der Waals surface area contributed by atoms with E-state index < -0.39 is 0 Å². The SMILES string of the molecule is Oc1c2cnc3ccccc3c2cc2[nH]c3ccccc3c12. The quantitative estimate of drug-likeness (QED) is 0.404. The van der Waals surface area contributed by atoms with Crippen LogP contribution in [0.4, 0.5) is 0 Å². The van der Waals surface area contributed by atoms with Gasteiger partial charge in [0.2, 0.25) is 0 Å². The summed E-state index contributed by atoms with van der Waals surface area (Å²) in [6.45, 7) is 0. The summed E-state index contributed by atoms with van der Waals surface area (Å²) < 4.78 is 0. The average Bonchev–Trinajstić information content (AvgIpc) is 2.93. The summed E-state index contributed by atoms with van der Waals surface area (Å²) in [4.78, 5) is 7.87. The van der Waals surface area contributed by atoms with Gasteiger partial charge in [0.25, 0.3) is 0 Å². The minimum atomic E-state index is 0.295. The Morgan fingerprint density at radius 2 is 1.55 bits per heavy atom. The van der Waals surface area contributed by atoms with Crippen LogP contribution in [-0.4, -0.2) is 15.1 Å². The highest BCUT2D eigenvalue weighted by molar-refractivity contribution is 6.20. The largest absolute Gasteiger partial charge is 0.507 e. The maximum Gasteiger partial charge on any atom is 0.134 e.